The lowest BCUT2D eigenvalue weighted by Gasteiger charge is -2.09. The molecule has 126 valence electrons. The topological polar surface area (TPSA) is 35.5 Å². The second kappa shape index (κ2) is 18.3. The summed E-state index contributed by atoms with van der Waals surface area (Å²) in [6.45, 7) is 13.3. The Kier molecular flexibility index (Phi) is 19.6. The molecule has 0 atom stereocenters. The van der Waals surface area contributed by atoms with Gasteiger partial charge in [0, 0.05) is 25.2 Å². The molecule has 0 fully saturated rings. The van der Waals surface area contributed by atoms with Crippen molar-refractivity contribution in [3.05, 3.63) is 49.1 Å². The van der Waals surface area contributed by atoms with Crippen LogP contribution in [0.5, 0.6) is 0 Å². The predicted octanol–water partition coefficient (Wildman–Crippen LogP) is 5.29. The first-order valence-corrected chi connectivity index (χ1v) is 9.05. The van der Waals surface area contributed by atoms with Crippen LogP contribution in [0.2, 0.25) is 0 Å². The molecule has 0 saturated carbocycles. The Morgan fingerprint density at radius 2 is 1.64 bits per heavy atom. The molecule has 0 N–H and O–H groups in total. The minimum Gasteiger partial charge on any atom is -0.353 e. The zero-order valence-electron chi connectivity index (χ0n) is 14.0. The molecule has 0 aliphatic carbocycles. The molecule has 1 aromatic carbocycles. The third-order valence-corrected chi connectivity index (χ3v) is 3.20. The Morgan fingerprint density at radius 3 is 2.05 bits per heavy atom. The molecule has 0 bridgehead atoms. The zero-order chi connectivity index (χ0) is 17.2. The van der Waals surface area contributed by atoms with E-state index in [2.05, 4.69) is 35.7 Å². The van der Waals surface area contributed by atoms with Gasteiger partial charge in [-0.2, -0.15) is 0 Å². The number of ether oxygens (including phenoxy) is 2. The smallest absolute Gasteiger partial charge is 0.162 e. The molecule has 0 aromatic heterocycles. The van der Waals surface area contributed by atoms with Crippen LogP contribution in [0, 0.1) is 0 Å². The lowest BCUT2D eigenvalue weighted by atomic mass is 10.1. The number of benzene rings is 1. The number of ketones is 1. The summed E-state index contributed by atoms with van der Waals surface area (Å²) in [5.41, 5.74) is 0.836. The van der Waals surface area contributed by atoms with Crippen molar-refractivity contribution in [2.24, 2.45) is 0 Å². The fourth-order valence-electron chi connectivity index (χ4n) is 1.51. The monoisotopic (exact) mass is 420 g/mol. The summed E-state index contributed by atoms with van der Waals surface area (Å²) < 4.78 is 11.2. The van der Waals surface area contributed by atoms with E-state index in [9.17, 15) is 4.79 Å². The molecule has 1 aromatic rings. The molecule has 0 spiro atoms. The summed E-state index contributed by atoms with van der Waals surface area (Å²) >= 11 is 2.29. The van der Waals surface area contributed by atoms with E-state index in [1.54, 1.807) is 0 Å². The standard InChI is InChI=1S/C10H11IO.C6H14O2.C2H4/c11-8-4-7-10(12)9-5-2-1-3-6-9;1-4-7-6(3)8-5-2;1-2/h1-3,5-6H,4,7-8H2;6H,4-5H2,1-3H3;1-2H2. The van der Waals surface area contributed by atoms with Crippen molar-refractivity contribution in [1.29, 1.82) is 0 Å². The fourth-order valence-corrected chi connectivity index (χ4v) is 1.89. The van der Waals surface area contributed by atoms with Gasteiger partial charge < -0.3 is 9.47 Å². The minimum absolute atomic E-state index is 0.0370. The summed E-state index contributed by atoms with van der Waals surface area (Å²) in [4.78, 5) is 11.4. The van der Waals surface area contributed by atoms with Gasteiger partial charge in [0.15, 0.2) is 12.1 Å². The highest BCUT2D eigenvalue weighted by molar-refractivity contribution is 14.1. The summed E-state index contributed by atoms with van der Waals surface area (Å²) in [6, 6.07) is 9.47. The molecule has 22 heavy (non-hydrogen) atoms. The van der Waals surface area contributed by atoms with E-state index in [-0.39, 0.29) is 12.1 Å². The molecule has 0 saturated heterocycles. The van der Waals surface area contributed by atoms with Crippen molar-refractivity contribution >= 4 is 28.4 Å². The van der Waals surface area contributed by atoms with Gasteiger partial charge in [0.1, 0.15) is 0 Å². The van der Waals surface area contributed by atoms with Gasteiger partial charge in [0.25, 0.3) is 0 Å². The Balaban J connectivity index is 0. The van der Waals surface area contributed by atoms with Crippen molar-refractivity contribution in [2.45, 2.75) is 39.9 Å². The van der Waals surface area contributed by atoms with Crippen LogP contribution in [-0.2, 0) is 9.47 Å². The molecule has 1 rings (SSSR count). The number of alkyl halides is 1. The maximum atomic E-state index is 11.4. The van der Waals surface area contributed by atoms with Gasteiger partial charge in [-0.05, 0) is 31.6 Å². The van der Waals surface area contributed by atoms with E-state index >= 15 is 0 Å². The van der Waals surface area contributed by atoms with Crippen molar-refractivity contribution in [2.75, 3.05) is 17.6 Å². The van der Waals surface area contributed by atoms with Crippen LogP contribution in [0.25, 0.3) is 0 Å². The van der Waals surface area contributed by atoms with Crippen LogP contribution in [0.3, 0.4) is 0 Å². The number of rotatable bonds is 8. The molecule has 0 aliphatic rings. The first-order valence-electron chi connectivity index (χ1n) is 7.53. The second-order valence-corrected chi connectivity index (χ2v) is 5.14. The van der Waals surface area contributed by atoms with Gasteiger partial charge in [-0.3, -0.25) is 4.79 Å². The van der Waals surface area contributed by atoms with Crippen LogP contribution in [-0.4, -0.2) is 29.7 Å². The Hall–Kier alpha value is -0.720. The van der Waals surface area contributed by atoms with Crippen LogP contribution >= 0.6 is 22.6 Å². The van der Waals surface area contributed by atoms with Gasteiger partial charge in [0.05, 0.1) is 0 Å². The first-order chi connectivity index (χ1) is 10.7. The number of carbonyl (C=O) groups is 1. The predicted molar refractivity (Wildman–Crippen MR) is 103 cm³/mol. The number of hydrogen-bond acceptors (Lipinski definition) is 3. The number of Topliss-reactive ketones (excluding diaryl/α,β-unsaturated/α-hetero) is 1. The molecule has 3 nitrogen and oxygen atoms in total. The van der Waals surface area contributed by atoms with Crippen molar-refractivity contribution in [3.63, 3.8) is 0 Å². The van der Waals surface area contributed by atoms with E-state index in [1.807, 2.05) is 51.1 Å². The fraction of sp³-hybridized carbons (Fsp3) is 0.500. The van der Waals surface area contributed by atoms with E-state index in [4.69, 9.17) is 9.47 Å². The van der Waals surface area contributed by atoms with Gasteiger partial charge in [0.2, 0.25) is 0 Å². The van der Waals surface area contributed by atoms with E-state index in [0.29, 0.717) is 6.42 Å². The molecule has 0 heterocycles. The van der Waals surface area contributed by atoms with E-state index in [1.165, 1.54) is 0 Å². The number of hydrogen-bond donors (Lipinski definition) is 0. The summed E-state index contributed by atoms with van der Waals surface area (Å²) in [7, 11) is 0. The van der Waals surface area contributed by atoms with Gasteiger partial charge >= 0.3 is 0 Å². The average Bonchev–Trinajstić information content (AvgIpc) is 2.56. The summed E-state index contributed by atoms with van der Waals surface area (Å²) in [5.74, 6) is 0.257. The van der Waals surface area contributed by atoms with E-state index < -0.39 is 0 Å². The molecular weight excluding hydrogens is 391 g/mol. The highest BCUT2D eigenvalue weighted by atomic mass is 127. The highest BCUT2D eigenvalue weighted by Gasteiger charge is 2.02. The largest absolute Gasteiger partial charge is 0.353 e. The van der Waals surface area contributed by atoms with Crippen molar-refractivity contribution in [1.82, 2.24) is 0 Å². The van der Waals surface area contributed by atoms with E-state index in [0.717, 1.165) is 29.6 Å². The quantitative estimate of drug-likeness (QED) is 0.188. The normalized spacial score (nSPS) is 9.32. The van der Waals surface area contributed by atoms with Crippen LogP contribution in [0.15, 0.2) is 43.5 Å². The van der Waals surface area contributed by atoms with Gasteiger partial charge in [-0.1, -0.05) is 52.9 Å². The van der Waals surface area contributed by atoms with Crippen molar-refractivity contribution < 1.29 is 14.3 Å². The number of carbonyl (C=O) groups excluding carboxylic acids is 1. The molecule has 4 heteroatoms. The third-order valence-electron chi connectivity index (χ3n) is 2.44. The highest BCUT2D eigenvalue weighted by Crippen LogP contribution is 2.05. The van der Waals surface area contributed by atoms with Gasteiger partial charge in [-0.25, -0.2) is 0 Å². The molecule has 0 aliphatic heterocycles. The molecular formula is C18H29IO3. The number of halogens is 1. The second-order valence-electron chi connectivity index (χ2n) is 4.06. The van der Waals surface area contributed by atoms with Crippen LogP contribution in [0.1, 0.15) is 44.0 Å². The lowest BCUT2D eigenvalue weighted by Crippen LogP contribution is -2.11. The first kappa shape index (κ1) is 23.5. The SMILES string of the molecule is C=C.CCOC(C)OCC.O=C(CCCI)c1ccccc1. The summed E-state index contributed by atoms with van der Waals surface area (Å²) in [6.07, 6.45) is 1.62. The third kappa shape index (κ3) is 14.2. The summed E-state index contributed by atoms with van der Waals surface area (Å²) in [5, 5.41) is 0. The van der Waals surface area contributed by atoms with Crippen molar-refractivity contribution in [3.8, 4) is 0 Å². The van der Waals surface area contributed by atoms with Gasteiger partial charge in [-0.15, -0.1) is 13.2 Å². The molecule has 0 amide bonds. The van der Waals surface area contributed by atoms with Crippen LogP contribution < -0.4 is 0 Å². The molecule has 0 unspecified atom stereocenters. The molecule has 0 radical (unpaired) electrons. The van der Waals surface area contributed by atoms with Crippen LogP contribution in [0.4, 0.5) is 0 Å². The minimum atomic E-state index is -0.0370. The Morgan fingerprint density at radius 1 is 1.14 bits per heavy atom. The maximum Gasteiger partial charge on any atom is 0.162 e. The lowest BCUT2D eigenvalue weighted by molar-refractivity contribution is -0.123. The Bertz CT molecular complexity index is 349. The zero-order valence-corrected chi connectivity index (χ0v) is 16.2. The Labute approximate surface area is 149 Å². The maximum absolute atomic E-state index is 11.4. The average molecular weight is 420 g/mol.